The van der Waals surface area contributed by atoms with Crippen molar-refractivity contribution < 1.29 is 8.42 Å². The number of alkyl halides is 1. The van der Waals surface area contributed by atoms with Crippen LogP contribution in [0.25, 0.3) is 0 Å². The first-order valence-corrected chi connectivity index (χ1v) is 8.05. The summed E-state index contributed by atoms with van der Waals surface area (Å²) in [4.78, 5) is 0. The van der Waals surface area contributed by atoms with Crippen molar-refractivity contribution >= 4 is 33.2 Å². The highest BCUT2D eigenvalue weighted by atomic mass is 35.5. The monoisotopic (exact) mass is 311 g/mol. The van der Waals surface area contributed by atoms with Gasteiger partial charge in [-0.05, 0) is 18.8 Å². The van der Waals surface area contributed by atoms with Crippen LogP contribution in [-0.2, 0) is 17.1 Å². The van der Waals surface area contributed by atoms with Gasteiger partial charge in [-0.3, -0.25) is 4.68 Å². The summed E-state index contributed by atoms with van der Waals surface area (Å²) in [6.45, 7) is 0.963. The average Bonchev–Trinajstić information content (AvgIpc) is 2.69. The van der Waals surface area contributed by atoms with Crippen LogP contribution in [0.5, 0.6) is 0 Å². The van der Waals surface area contributed by atoms with Gasteiger partial charge in [-0.15, -0.1) is 11.6 Å². The SMILES string of the molecule is Cn1ncc(Cl)c1S(=O)(=O)N1CCCC(CCl)C1. The quantitative estimate of drug-likeness (QED) is 0.799. The van der Waals surface area contributed by atoms with Crippen molar-refractivity contribution in [2.75, 3.05) is 19.0 Å². The summed E-state index contributed by atoms with van der Waals surface area (Å²) in [5, 5.41) is 4.08. The minimum Gasteiger partial charge on any atom is -0.255 e. The molecule has 0 amide bonds. The predicted octanol–water partition coefficient (Wildman–Crippen LogP) is 1.71. The van der Waals surface area contributed by atoms with Crippen molar-refractivity contribution in [3.8, 4) is 0 Å². The molecular formula is C10H15Cl2N3O2S. The third kappa shape index (κ3) is 2.52. The van der Waals surface area contributed by atoms with Crippen LogP contribution in [-0.4, -0.2) is 41.5 Å². The molecule has 0 aromatic carbocycles. The first-order valence-electron chi connectivity index (χ1n) is 5.70. The third-order valence-corrected chi connectivity index (χ3v) is 5.94. The first-order chi connectivity index (χ1) is 8.46. The molecule has 102 valence electrons. The minimum absolute atomic E-state index is 0.0550. The molecule has 0 N–H and O–H groups in total. The predicted molar refractivity (Wildman–Crippen MR) is 70.4 cm³/mol. The van der Waals surface area contributed by atoms with E-state index in [0.29, 0.717) is 19.0 Å². The fourth-order valence-electron chi connectivity index (χ4n) is 2.18. The summed E-state index contributed by atoms with van der Waals surface area (Å²) in [5.41, 5.74) is 0. The van der Waals surface area contributed by atoms with Gasteiger partial charge in [0.15, 0.2) is 5.03 Å². The van der Waals surface area contributed by atoms with E-state index in [1.165, 1.54) is 15.2 Å². The van der Waals surface area contributed by atoms with Crippen molar-refractivity contribution in [3.05, 3.63) is 11.2 Å². The largest absolute Gasteiger partial charge is 0.261 e. The van der Waals surface area contributed by atoms with Gasteiger partial charge in [0, 0.05) is 26.0 Å². The Kier molecular flexibility index (Phi) is 4.21. The molecule has 2 heterocycles. The van der Waals surface area contributed by atoms with Crippen molar-refractivity contribution in [2.24, 2.45) is 13.0 Å². The van der Waals surface area contributed by atoms with Crippen LogP contribution in [0.2, 0.25) is 5.02 Å². The average molecular weight is 312 g/mol. The first kappa shape index (κ1) is 14.1. The van der Waals surface area contributed by atoms with E-state index in [1.807, 2.05) is 0 Å². The lowest BCUT2D eigenvalue weighted by Gasteiger charge is -2.30. The molecule has 1 unspecified atom stereocenters. The summed E-state index contributed by atoms with van der Waals surface area (Å²) in [6.07, 6.45) is 3.14. The van der Waals surface area contributed by atoms with Crippen molar-refractivity contribution in [2.45, 2.75) is 17.9 Å². The second-order valence-corrected chi connectivity index (χ2v) is 7.02. The number of aryl methyl sites for hydroxylation is 1. The number of rotatable bonds is 3. The van der Waals surface area contributed by atoms with Crippen molar-refractivity contribution in [1.29, 1.82) is 0 Å². The molecule has 0 spiro atoms. The fourth-order valence-corrected chi connectivity index (χ4v) is 4.59. The van der Waals surface area contributed by atoms with E-state index in [-0.39, 0.29) is 16.0 Å². The highest BCUT2D eigenvalue weighted by molar-refractivity contribution is 7.89. The molecule has 0 radical (unpaired) electrons. The molecule has 2 rings (SSSR count). The number of piperidine rings is 1. The molecule has 1 fully saturated rings. The maximum Gasteiger partial charge on any atom is 0.261 e. The van der Waals surface area contributed by atoms with E-state index >= 15 is 0 Å². The van der Waals surface area contributed by atoms with Crippen LogP contribution in [0, 0.1) is 5.92 Å². The molecule has 0 aliphatic carbocycles. The number of nitrogens with zero attached hydrogens (tertiary/aromatic N) is 3. The molecule has 8 heteroatoms. The van der Waals surface area contributed by atoms with Crippen LogP contribution in [0.3, 0.4) is 0 Å². The van der Waals surface area contributed by atoms with Gasteiger partial charge in [-0.25, -0.2) is 8.42 Å². The molecule has 1 atom stereocenters. The molecule has 1 saturated heterocycles. The standard InChI is InChI=1S/C10H15Cl2N3O2S/c1-14-10(9(12)6-13-14)18(16,17)15-4-2-3-8(5-11)7-15/h6,8H,2-5,7H2,1H3. The number of sulfonamides is 1. The maximum atomic E-state index is 12.5. The zero-order valence-electron chi connectivity index (χ0n) is 10.0. The number of aromatic nitrogens is 2. The van der Waals surface area contributed by atoms with Crippen LogP contribution >= 0.6 is 23.2 Å². The molecule has 1 aliphatic rings. The van der Waals surface area contributed by atoms with Gasteiger partial charge >= 0.3 is 0 Å². The topological polar surface area (TPSA) is 55.2 Å². The number of hydrogen-bond acceptors (Lipinski definition) is 3. The van der Waals surface area contributed by atoms with Crippen molar-refractivity contribution in [3.63, 3.8) is 0 Å². The van der Waals surface area contributed by atoms with E-state index in [2.05, 4.69) is 5.10 Å². The Morgan fingerprint density at radius 1 is 1.56 bits per heavy atom. The Hall–Kier alpha value is -0.300. The Morgan fingerprint density at radius 2 is 2.28 bits per heavy atom. The van der Waals surface area contributed by atoms with Crippen LogP contribution in [0.4, 0.5) is 0 Å². The fraction of sp³-hybridized carbons (Fsp3) is 0.700. The van der Waals surface area contributed by atoms with E-state index in [0.717, 1.165) is 12.8 Å². The van der Waals surface area contributed by atoms with E-state index in [1.54, 1.807) is 7.05 Å². The van der Waals surface area contributed by atoms with Crippen LogP contribution in [0.15, 0.2) is 11.2 Å². The Morgan fingerprint density at radius 3 is 2.83 bits per heavy atom. The minimum atomic E-state index is -3.58. The molecule has 0 bridgehead atoms. The normalized spacial score (nSPS) is 22.3. The van der Waals surface area contributed by atoms with Gasteiger partial charge in [-0.1, -0.05) is 11.6 Å². The van der Waals surface area contributed by atoms with Crippen molar-refractivity contribution in [1.82, 2.24) is 14.1 Å². The highest BCUT2D eigenvalue weighted by Gasteiger charge is 2.33. The zero-order valence-corrected chi connectivity index (χ0v) is 12.3. The molecule has 1 aliphatic heterocycles. The van der Waals surface area contributed by atoms with E-state index < -0.39 is 10.0 Å². The summed E-state index contributed by atoms with van der Waals surface area (Å²) in [5.74, 6) is 0.688. The van der Waals surface area contributed by atoms with Crippen LogP contribution < -0.4 is 0 Å². The van der Waals surface area contributed by atoms with E-state index in [4.69, 9.17) is 23.2 Å². The lowest BCUT2D eigenvalue weighted by Crippen LogP contribution is -2.41. The lowest BCUT2D eigenvalue weighted by molar-refractivity contribution is 0.282. The molecular weight excluding hydrogens is 297 g/mol. The third-order valence-electron chi connectivity index (χ3n) is 3.13. The van der Waals surface area contributed by atoms with Gasteiger partial charge in [-0.2, -0.15) is 9.40 Å². The second-order valence-electron chi connectivity index (χ2n) is 4.45. The molecule has 5 nitrogen and oxygen atoms in total. The summed E-state index contributed by atoms with van der Waals surface area (Å²) in [7, 11) is -2.01. The van der Waals surface area contributed by atoms with Gasteiger partial charge in [0.25, 0.3) is 10.0 Å². The summed E-state index contributed by atoms with van der Waals surface area (Å²) in [6, 6.07) is 0. The Balaban J connectivity index is 2.31. The molecule has 0 saturated carbocycles. The van der Waals surface area contributed by atoms with E-state index in [9.17, 15) is 8.42 Å². The molecule has 1 aromatic heterocycles. The molecule has 1 aromatic rings. The maximum absolute atomic E-state index is 12.5. The second kappa shape index (κ2) is 5.36. The van der Waals surface area contributed by atoms with Gasteiger partial charge in [0.1, 0.15) is 0 Å². The van der Waals surface area contributed by atoms with Gasteiger partial charge in [0.05, 0.1) is 11.2 Å². The van der Waals surface area contributed by atoms with Gasteiger partial charge in [0.2, 0.25) is 0 Å². The Bertz CT molecular complexity index is 510. The zero-order chi connectivity index (χ0) is 13.3. The highest BCUT2D eigenvalue weighted by Crippen LogP contribution is 2.27. The summed E-state index contributed by atoms with van der Waals surface area (Å²) >= 11 is 11.7. The number of halogens is 2. The van der Waals surface area contributed by atoms with Crippen LogP contribution in [0.1, 0.15) is 12.8 Å². The lowest BCUT2D eigenvalue weighted by atomic mass is 10.0. The summed E-state index contributed by atoms with van der Waals surface area (Å²) < 4.78 is 27.7. The smallest absolute Gasteiger partial charge is 0.255 e. The molecule has 18 heavy (non-hydrogen) atoms. The Labute approximate surface area is 117 Å². The number of hydrogen-bond donors (Lipinski definition) is 0. The van der Waals surface area contributed by atoms with Gasteiger partial charge < -0.3 is 0 Å².